The summed E-state index contributed by atoms with van der Waals surface area (Å²) in [6.45, 7) is 0. The van der Waals surface area contributed by atoms with Crippen LogP contribution in [0.1, 0.15) is 22.9 Å². The zero-order valence-electron chi connectivity index (χ0n) is 30.2. The first-order valence-electron chi connectivity index (χ1n) is 18.9. The molecule has 0 saturated heterocycles. The molecule has 3 heterocycles. The zero-order chi connectivity index (χ0) is 37.0. The molecule has 0 bridgehead atoms. The van der Waals surface area contributed by atoms with Gasteiger partial charge in [-0.05, 0) is 63.2 Å². The molecule has 264 valence electrons. The summed E-state index contributed by atoms with van der Waals surface area (Å²) in [5.41, 5.74) is 11.3. The predicted molar refractivity (Wildman–Crippen MR) is 237 cm³/mol. The van der Waals surface area contributed by atoms with Crippen molar-refractivity contribution in [1.29, 1.82) is 0 Å². The lowest BCUT2D eigenvalue weighted by atomic mass is 9.99. The Morgan fingerprint density at radius 2 is 1.02 bits per heavy atom. The van der Waals surface area contributed by atoms with Crippen molar-refractivity contribution in [3.63, 3.8) is 0 Å². The number of hydrogen-bond acceptors (Lipinski definition) is 3. The van der Waals surface area contributed by atoms with Crippen molar-refractivity contribution in [2.75, 3.05) is 0 Å². The summed E-state index contributed by atoms with van der Waals surface area (Å²) in [5.74, 6) is 1.36. The van der Waals surface area contributed by atoms with Crippen molar-refractivity contribution in [2.45, 2.75) is 6.17 Å². The second-order valence-corrected chi connectivity index (χ2v) is 15.2. The first-order valence-corrected chi connectivity index (χ1v) is 19.7. The Morgan fingerprint density at radius 1 is 0.446 bits per heavy atom. The van der Waals surface area contributed by atoms with E-state index in [1.807, 2.05) is 47.7 Å². The van der Waals surface area contributed by atoms with Gasteiger partial charge in [0.2, 0.25) is 0 Å². The van der Waals surface area contributed by atoms with Crippen LogP contribution in [0, 0.1) is 0 Å². The molecular weight excluding hydrogens is 701 g/mol. The van der Waals surface area contributed by atoms with E-state index >= 15 is 0 Å². The molecule has 0 amide bonds. The number of nitrogens with zero attached hydrogens (tertiary/aromatic N) is 4. The number of hydrogen-bond donors (Lipinski definition) is 0. The minimum Gasteiger partial charge on any atom is -0.438 e. The normalized spacial score (nSPS) is 14.2. The van der Waals surface area contributed by atoms with Crippen molar-refractivity contribution in [3.8, 4) is 27.9 Å². The molecule has 1 atom stereocenters. The summed E-state index contributed by atoms with van der Waals surface area (Å²) < 4.78 is 5.02. The van der Waals surface area contributed by atoms with Crippen LogP contribution in [0.5, 0.6) is 0 Å². The maximum Gasteiger partial charge on any atom is 0.0822 e. The molecule has 1 aliphatic heterocycles. The van der Waals surface area contributed by atoms with Crippen LogP contribution in [-0.4, -0.2) is 16.2 Å². The van der Waals surface area contributed by atoms with Crippen molar-refractivity contribution in [1.82, 2.24) is 4.57 Å². The van der Waals surface area contributed by atoms with Crippen molar-refractivity contribution >= 4 is 65.0 Å². The van der Waals surface area contributed by atoms with Gasteiger partial charge in [-0.25, -0.2) is 0 Å². The summed E-state index contributed by atoms with van der Waals surface area (Å²) in [6, 6.07) is 68.9. The molecule has 1 unspecified atom stereocenters. The van der Waals surface area contributed by atoms with Gasteiger partial charge in [0.05, 0.1) is 23.0 Å². The molecular formula is C51H33N4S-. The average molecular weight is 734 g/mol. The van der Waals surface area contributed by atoms with Gasteiger partial charge >= 0.3 is 0 Å². The van der Waals surface area contributed by atoms with Gasteiger partial charge in [-0.15, -0.1) is 11.3 Å². The molecule has 0 radical (unpaired) electrons. The smallest absolute Gasteiger partial charge is 0.0822 e. The standard InChI is InChI=1S/C51H33N4S/c1-4-14-33(15-5-1)39-21-12-23-43-44-24-13-22-40(48(44)56-47(39)43)37-28-31-42-41-20-10-11-25-45(41)55(46(42)32-37)38-29-26-36(27-30-38)51-53-49(34-16-6-2-7-17-34)52-50(54-51)35-18-8-3-9-19-35/h1-32,49H/q-1. The third-order valence-electron chi connectivity index (χ3n) is 10.8. The Hall–Kier alpha value is -7.08. The number of aromatic nitrogens is 1. The molecule has 5 heteroatoms. The van der Waals surface area contributed by atoms with E-state index in [2.05, 4.69) is 162 Å². The molecule has 0 fully saturated rings. The highest BCUT2D eigenvalue weighted by atomic mass is 32.1. The minimum atomic E-state index is -0.371. The molecule has 11 rings (SSSR count). The number of rotatable bonds is 6. The Bertz CT molecular complexity index is 3140. The lowest BCUT2D eigenvalue weighted by molar-refractivity contribution is 0.878. The third-order valence-corrected chi connectivity index (χ3v) is 12.1. The van der Waals surface area contributed by atoms with E-state index < -0.39 is 0 Å². The molecule has 4 nitrogen and oxygen atoms in total. The van der Waals surface area contributed by atoms with Crippen molar-refractivity contribution in [2.24, 2.45) is 9.98 Å². The SMILES string of the molecule is c1ccc(C2=NC(c3ccc(-n4c5ccccc5c5ccc(-c6cccc7c6sc6c(-c8ccccc8)cccc67)cc54)cc3)=NC(c3ccccc3)[N-]2)cc1. The fourth-order valence-corrected chi connectivity index (χ4v) is 9.50. The van der Waals surface area contributed by atoms with Gasteiger partial charge in [-0.1, -0.05) is 176 Å². The fraction of sp³-hybridized carbons (Fsp3) is 0.0196. The van der Waals surface area contributed by atoms with E-state index in [9.17, 15) is 0 Å². The van der Waals surface area contributed by atoms with Gasteiger partial charge in [0.15, 0.2) is 0 Å². The first kappa shape index (κ1) is 32.4. The quantitative estimate of drug-likeness (QED) is 0.163. The van der Waals surface area contributed by atoms with E-state index in [4.69, 9.17) is 15.3 Å². The average Bonchev–Trinajstić information content (AvgIpc) is 3.83. The monoisotopic (exact) mass is 733 g/mol. The van der Waals surface area contributed by atoms with Crippen LogP contribution < -0.4 is 0 Å². The van der Waals surface area contributed by atoms with Crippen LogP contribution in [-0.2, 0) is 0 Å². The number of benzene rings is 8. The number of thiophene rings is 1. The molecule has 10 aromatic rings. The van der Waals surface area contributed by atoms with Gasteiger partial charge in [-0.2, -0.15) is 0 Å². The summed E-state index contributed by atoms with van der Waals surface area (Å²) in [4.78, 5) is 10.0. The van der Waals surface area contributed by atoms with Gasteiger partial charge < -0.3 is 14.9 Å². The van der Waals surface area contributed by atoms with Gasteiger partial charge in [0.25, 0.3) is 0 Å². The van der Waals surface area contributed by atoms with Gasteiger partial charge in [0, 0.05) is 36.6 Å². The molecule has 2 aromatic heterocycles. The maximum absolute atomic E-state index is 5.06. The van der Waals surface area contributed by atoms with Crippen LogP contribution in [0.25, 0.3) is 75.2 Å². The van der Waals surface area contributed by atoms with E-state index in [-0.39, 0.29) is 6.17 Å². The summed E-state index contributed by atoms with van der Waals surface area (Å²) >= 11 is 1.89. The van der Waals surface area contributed by atoms with Crippen LogP contribution in [0.3, 0.4) is 0 Å². The lowest BCUT2D eigenvalue weighted by Crippen LogP contribution is -2.15. The minimum absolute atomic E-state index is 0.371. The molecule has 1 aliphatic rings. The number of aliphatic imine (C=N–C) groups is 2. The fourth-order valence-electron chi connectivity index (χ4n) is 8.13. The molecule has 0 N–H and O–H groups in total. The molecule has 0 saturated carbocycles. The molecule has 56 heavy (non-hydrogen) atoms. The highest BCUT2D eigenvalue weighted by Gasteiger charge is 2.18. The third kappa shape index (κ3) is 5.44. The first-order chi connectivity index (χ1) is 27.8. The highest BCUT2D eigenvalue weighted by molar-refractivity contribution is 7.26. The topological polar surface area (TPSA) is 43.8 Å². The van der Waals surface area contributed by atoms with Gasteiger partial charge in [-0.3, -0.25) is 4.99 Å². The zero-order valence-corrected chi connectivity index (χ0v) is 31.1. The van der Waals surface area contributed by atoms with Crippen molar-refractivity contribution in [3.05, 3.63) is 216 Å². The second kappa shape index (κ2) is 13.3. The summed E-state index contributed by atoms with van der Waals surface area (Å²) in [7, 11) is 0. The Morgan fingerprint density at radius 3 is 1.73 bits per heavy atom. The van der Waals surface area contributed by atoms with Crippen LogP contribution in [0.15, 0.2) is 204 Å². The Kier molecular flexibility index (Phi) is 7.71. The van der Waals surface area contributed by atoms with Crippen molar-refractivity contribution < 1.29 is 0 Å². The molecule has 8 aromatic carbocycles. The number of amidine groups is 2. The predicted octanol–water partition coefficient (Wildman–Crippen LogP) is 13.8. The number of fused-ring (bicyclic) bond motifs is 6. The summed E-state index contributed by atoms with van der Waals surface area (Å²) in [5, 5.41) is 10.0. The lowest BCUT2D eigenvalue weighted by Gasteiger charge is -2.32. The van der Waals surface area contributed by atoms with Crippen LogP contribution in [0.4, 0.5) is 0 Å². The Labute approximate surface area is 328 Å². The van der Waals surface area contributed by atoms with E-state index in [0.717, 1.165) is 22.4 Å². The Balaban J connectivity index is 1.03. The maximum atomic E-state index is 5.06. The van der Waals surface area contributed by atoms with E-state index in [1.54, 1.807) is 0 Å². The van der Waals surface area contributed by atoms with E-state index in [0.29, 0.717) is 11.7 Å². The number of para-hydroxylation sites is 1. The van der Waals surface area contributed by atoms with E-state index in [1.165, 1.54) is 64.2 Å². The second-order valence-electron chi connectivity index (χ2n) is 14.1. The van der Waals surface area contributed by atoms with Crippen LogP contribution >= 0.6 is 11.3 Å². The molecule has 0 aliphatic carbocycles. The molecule has 0 spiro atoms. The highest BCUT2D eigenvalue weighted by Crippen LogP contribution is 2.45. The summed E-state index contributed by atoms with van der Waals surface area (Å²) in [6.07, 6.45) is -0.371. The largest absolute Gasteiger partial charge is 0.438 e. The van der Waals surface area contributed by atoms with Crippen LogP contribution in [0.2, 0.25) is 0 Å². The van der Waals surface area contributed by atoms with Gasteiger partial charge in [0.1, 0.15) is 0 Å².